The number of carbonyl (C=O) groups is 1. The summed E-state index contributed by atoms with van der Waals surface area (Å²) in [5.74, 6) is 1.83. The molecular formula is C16H20BrN5O2. The van der Waals surface area contributed by atoms with Gasteiger partial charge in [0.1, 0.15) is 5.82 Å². The minimum absolute atomic E-state index is 0.0763. The summed E-state index contributed by atoms with van der Waals surface area (Å²) in [6, 6.07) is 5.40. The molecule has 8 heteroatoms. The summed E-state index contributed by atoms with van der Waals surface area (Å²) in [6.07, 6.45) is 0. The Bertz CT molecular complexity index is 725. The van der Waals surface area contributed by atoms with Gasteiger partial charge in [-0.05, 0) is 41.9 Å². The first-order chi connectivity index (χ1) is 11.6. The first kappa shape index (κ1) is 16.8. The van der Waals surface area contributed by atoms with Crippen molar-refractivity contribution in [2.45, 2.75) is 13.8 Å². The number of aryl methyl sites for hydroxylation is 1. The van der Waals surface area contributed by atoms with E-state index in [1.807, 2.05) is 19.9 Å². The van der Waals surface area contributed by atoms with E-state index in [1.165, 1.54) is 0 Å². The molecule has 24 heavy (non-hydrogen) atoms. The number of anilines is 2. The quantitative estimate of drug-likeness (QED) is 0.859. The van der Waals surface area contributed by atoms with Gasteiger partial charge in [-0.25, -0.2) is 4.98 Å². The molecule has 0 atom stereocenters. The standard InChI is InChI=1S/C16H20BrN5O2/c1-3-18-16-19-11(2)10-14(20-16)21-6-8-22(9-7-21)15(23)12-4-5-13(17)24-12/h4-5,10H,3,6-9H2,1-2H3,(H,18,19,20). The molecule has 1 saturated heterocycles. The van der Waals surface area contributed by atoms with Crippen molar-refractivity contribution in [1.29, 1.82) is 0 Å². The lowest BCUT2D eigenvalue weighted by Crippen LogP contribution is -2.49. The molecule has 7 nitrogen and oxygen atoms in total. The molecule has 0 saturated carbocycles. The van der Waals surface area contributed by atoms with Crippen LogP contribution in [0.15, 0.2) is 27.3 Å². The lowest BCUT2D eigenvalue weighted by atomic mass is 10.2. The molecule has 1 aliphatic rings. The number of piperazine rings is 1. The first-order valence-electron chi connectivity index (χ1n) is 7.96. The molecule has 1 N–H and O–H groups in total. The highest BCUT2D eigenvalue weighted by molar-refractivity contribution is 9.10. The van der Waals surface area contributed by atoms with E-state index in [4.69, 9.17) is 4.42 Å². The Balaban J connectivity index is 1.65. The number of carbonyl (C=O) groups excluding carboxylic acids is 1. The Kier molecular flexibility index (Phi) is 5.03. The van der Waals surface area contributed by atoms with Crippen LogP contribution in [0.3, 0.4) is 0 Å². The maximum atomic E-state index is 12.4. The fourth-order valence-electron chi connectivity index (χ4n) is 2.67. The lowest BCUT2D eigenvalue weighted by molar-refractivity contribution is 0.0713. The van der Waals surface area contributed by atoms with Gasteiger partial charge in [0.05, 0.1) is 0 Å². The van der Waals surface area contributed by atoms with Gasteiger partial charge in [-0.2, -0.15) is 4.98 Å². The molecule has 0 unspecified atom stereocenters. The van der Waals surface area contributed by atoms with Crippen molar-refractivity contribution in [3.8, 4) is 0 Å². The van der Waals surface area contributed by atoms with E-state index in [1.54, 1.807) is 17.0 Å². The monoisotopic (exact) mass is 393 g/mol. The van der Waals surface area contributed by atoms with Crippen LogP contribution >= 0.6 is 15.9 Å². The Morgan fingerprint density at radius 2 is 2.04 bits per heavy atom. The predicted molar refractivity (Wildman–Crippen MR) is 95.5 cm³/mol. The minimum Gasteiger partial charge on any atom is -0.444 e. The number of hydrogen-bond acceptors (Lipinski definition) is 6. The van der Waals surface area contributed by atoms with Crippen LogP contribution in [0.2, 0.25) is 0 Å². The molecule has 2 aromatic heterocycles. The molecule has 1 fully saturated rings. The second-order valence-corrected chi connectivity index (χ2v) is 6.39. The highest BCUT2D eigenvalue weighted by atomic mass is 79.9. The number of furan rings is 1. The van der Waals surface area contributed by atoms with Gasteiger partial charge in [0.15, 0.2) is 10.4 Å². The van der Waals surface area contributed by atoms with Crippen LogP contribution in [0.25, 0.3) is 0 Å². The second kappa shape index (κ2) is 7.21. The van der Waals surface area contributed by atoms with E-state index >= 15 is 0 Å². The minimum atomic E-state index is -0.0763. The van der Waals surface area contributed by atoms with Crippen LogP contribution in [0.4, 0.5) is 11.8 Å². The summed E-state index contributed by atoms with van der Waals surface area (Å²) in [5.41, 5.74) is 0.926. The van der Waals surface area contributed by atoms with E-state index in [0.717, 1.165) is 31.1 Å². The average Bonchev–Trinajstić information content (AvgIpc) is 3.00. The fourth-order valence-corrected chi connectivity index (χ4v) is 2.98. The molecular weight excluding hydrogens is 374 g/mol. The molecule has 128 valence electrons. The third-order valence-electron chi connectivity index (χ3n) is 3.85. The third-order valence-corrected chi connectivity index (χ3v) is 4.28. The van der Waals surface area contributed by atoms with E-state index in [2.05, 4.69) is 36.1 Å². The van der Waals surface area contributed by atoms with Crippen molar-refractivity contribution >= 4 is 33.6 Å². The predicted octanol–water partition coefficient (Wildman–Crippen LogP) is 2.53. The molecule has 0 radical (unpaired) electrons. The molecule has 0 aromatic carbocycles. The zero-order valence-corrected chi connectivity index (χ0v) is 15.3. The molecule has 1 amide bonds. The van der Waals surface area contributed by atoms with E-state index in [0.29, 0.717) is 29.5 Å². The van der Waals surface area contributed by atoms with Crippen molar-refractivity contribution in [2.24, 2.45) is 0 Å². The van der Waals surface area contributed by atoms with Crippen LogP contribution in [-0.4, -0.2) is 53.5 Å². The molecule has 1 aliphatic heterocycles. The summed E-state index contributed by atoms with van der Waals surface area (Å²) in [5, 5.41) is 3.15. The second-order valence-electron chi connectivity index (χ2n) is 5.60. The summed E-state index contributed by atoms with van der Waals surface area (Å²) in [6.45, 7) is 7.49. The SMILES string of the molecule is CCNc1nc(C)cc(N2CCN(C(=O)c3ccc(Br)o3)CC2)n1. The summed E-state index contributed by atoms with van der Waals surface area (Å²) >= 11 is 3.23. The maximum absolute atomic E-state index is 12.4. The Morgan fingerprint density at radius 1 is 1.29 bits per heavy atom. The van der Waals surface area contributed by atoms with Crippen molar-refractivity contribution in [1.82, 2.24) is 14.9 Å². The smallest absolute Gasteiger partial charge is 0.289 e. The topological polar surface area (TPSA) is 74.5 Å². The number of amides is 1. The number of aromatic nitrogens is 2. The van der Waals surface area contributed by atoms with Gasteiger partial charge < -0.3 is 19.5 Å². The molecule has 3 rings (SSSR count). The van der Waals surface area contributed by atoms with Gasteiger partial charge in [0, 0.05) is 44.5 Å². The van der Waals surface area contributed by atoms with Crippen LogP contribution < -0.4 is 10.2 Å². The highest BCUT2D eigenvalue weighted by Gasteiger charge is 2.25. The van der Waals surface area contributed by atoms with Crippen molar-refractivity contribution in [2.75, 3.05) is 42.9 Å². The molecule has 0 spiro atoms. The van der Waals surface area contributed by atoms with Gasteiger partial charge in [0.25, 0.3) is 5.91 Å². The summed E-state index contributed by atoms with van der Waals surface area (Å²) < 4.78 is 5.92. The summed E-state index contributed by atoms with van der Waals surface area (Å²) in [4.78, 5) is 25.3. The van der Waals surface area contributed by atoms with Crippen LogP contribution in [0.5, 0.6) is 0 Å². The molecule has 0 bridgehead atoms. The zero-order valence-electron chi connectivity index (χ0n) is 13.8. The summed E-state index contributed by atoms with van der Waals surface area (Å²) in [7, 11) is 0. The van der Waals surface area contributed by atoms with Crippen LogP contribution in [0, 0.1) is 6.92 Å². The van der Waals surface area contributed by atoms with Crippen molar-refractivity contribution in [3.05, 3.63) is 34.3 Å². The zero-order chi connectivity index (χ0) is 17.1. The third kappa shape index (κ3) is 3.69. The number of halogens is 1. The van der Waals surface area contributed by atoms with Crippen LogP contribution in [-0.2, 0) is 0 Å². The number of nitrogens with zero attached hydrogens (tertiary/aromatic N) is 4. The van der Waals surface area contributed by atoms with Gasteiger partial charge in [0.2, 0.25) is 5.95 Å². The van der Waals surface area contributed by atoms with Gasteiger partial charge in [-0.1, -0.05) is 0 Å². The maximum Gasteiger partial charge on any atom is 0.289 e. The Hall–Kier alpha value is -2.09. The fraction of sp³-hybridized carbons (Fsp3) is 0.438. The normalized spacial score (nSPS) is 14.8. The van der Waals surface area contributed by atoms with E-state index in [-0.39, 0.29) is 5.91 Å². The Morgan fingerprint density at radius 3 is 2.67 bits per heavy atom. The Labute approximate surface area is 149 Å². The van der Waals surface area contributed by atoms with Crippen LogP contribution in [0.1, 0.15) is 23.2 Å². The highest BCUT2D eigenvalue weighted by Crippen LogP contribution is 2.19. The van der Waals surface area contributed by atoms with E-state index in [9.17, 15) is 4.79 Å². The van der Waals surface area contributed by atoms with Crippen molar-refractivity contribution in [3.63, 3.8) is 0 Å². The largest absolute Gasteiger partial charge is 0.444 e. The molecule has 3 heterocycles. The van der Waals surface area contributed by atoms with Gasteiger partial charge in [-0.15, -0.1) is 0 Å². The van der Waals surface area contributed by atoms with Gasteiger partial charge >= 0.3 is 0 Å². The van der Waals surface area contributed by atoms with Gasteiger partial charge in [-0.3, -0.25) is 4.79 Å². The first-order valence-corrected chi connectivity index (χ1v) is 8.75. The number of nitrogens with one attached hydrogen (secondary N) is 1. The average molecular weight is 394 g/mol. The lowest BCUT2D eigenvalue weighted by Gasteiger charge is -2.35. The molecule has 0 aliphatic carbocycles. The van der Waals surface area contributed by atoms with Crippen molar-refractivity contribution < 1.29 is 9.21 Å². The number of rotatable bonds is 4. The molecule has 2 aromatic rings. The van der Waals surface area contributed by atoms with E-state index < -0.39 is 0 Å². The number of hydrogen-bond donors (Lipinski definition) is 1.